The zero-order chi connectivity index (χ0) is 14.3. The van der Waals surface area contributed by atoms with E-state index in [4.69, 9.17) is 0 Å². The van der Waals surface area contributed by atoms with Crippen LogP contribution in [0.3, 0.4) is 0 Å². The molecule has 0 fully saturated rings. The number of amides is 1. The number of rotatable bonds is 2. The quantitative estimate of drug-likeness (QED) is 0.846. The molecular weight excluding hydrogens is 326 g/mol. The van der Waals surface area contributed by atoms with Crippen LogP contribution in [0, 0.1) is 0 Å². The number of nitrogens with zero attached hydrogens (tertiary/aromatic N) is 3. The lowest BCUT2D eigenvalue weighted by atomic mass is 10.3. The normalized spacial score (nSPS) is 13.8. The molecule has 2 N–H and O–H groups in total. The highest BCUT2D eigenvalue weighted by atomic mass is 79.9. The fourth-order valence-corrected chi connectivity index (χ4v) is 2.61. The Morgan fingerprint density at radius 2 is 2.20 bits per heavy atom. The number of anilines is 2. The van der Waals surface area contributed by atoms with Crippen molar-refractivity contribution in [1.82, 2.24) is 19.7 Å². The second kappa shape index (κ2) is 4.78. The average Bonchev–Trinajstić information content (AvgIpc) is 2.76. The number of pyridine rings is 1. The summed E-state index contributed by atoms with van der Waals surface area (Å²) in [5.41, 5.74) is 1.18. The number of hydrogen-bond donors (Lipinski definition) is 2. The first kappa shape index (κ1) is 12.9. The summed E-state index contributed by atoms with van der Waals surface area (Å²) in [6.45, 7) is 0.650. The molecule has 0 aliphatic carbocycles. The summed E-state index contributed by atoms with van der Waals surface area (Å²) in [5, 5.41) is 10.0. The van der Waals surface area contributed by atoms with Gasteiger partial charge in [-0.1, -0.05) is 0 Å². The second-order valence-corrected chi connectivity index (χ2v) is 5.48. The molecule has 0 spiro atoms. The first-order valence-electron chi connectivity index (χ1n) is 5.99. The van der Waals surface area contributed by atoms with Crippen LogP contribution >= 0.6 is 15.9 Å². The Morgan fingerprint density at radius 3 is 3.00 bits per heavy atom. The van der Waals surface area contributed by atoms with Crippen LogP contribution < -0.4 is 16.2 Å². The molecule has 20 heavy (non-hydrogen) atoms. The molecule has 104 valence electrons. The monoisotopic (exact) mass is 337 g/mol. The maximum absolute atomic E-state index is 12.0. The van der Waals surface area contributed by atoms with Crippen molar-refractivity contribution in [2.24, 2.45) is 7.05 Å². The van der Waals surface area contributed by atoms with E-state index in [-0.39, 0.29) is 18.0 Å². The molecule has 0 saturated carbocycles. The predicted molar refractivity (Wildman–Crippen MR) is 76.7 cm³/mol. The SMILES string of the molecule is Cn1cc(Br)cc(Nc2cc3n(n2)CC(=O)NC3)c1=O. The second-order valence-electron chi connectivity index (χ2n) is 4.57. The molecular formula is C12H12BrN5O2. The summed E-state index contributed by atoms with van der Waals surface area (Å²) >= 11 is 3.35. The predicted octanol–water partition coefficient (Wildman–Crippen LogP) is 0.718. The average molecular weight is 338 g/mol. The van der Waals surface area contributed by atoms with Crippen LogP contribution in [-0.4, -0.2) is 20.3 Å². The van der Waals surface area contributed by atoms with Crippen LogP contribution in [0.4, 0.5) is 11.5 Å². The van der Waals surface area contributed by atoms with Gasteiger partial charge in [0.15, 0.2) is 5.82 Å². The lowest BCUT2D eigenvalue weighted by Crippen LogP contribution is -2.34. The van der Waals surface area contributed by atoms with Gasteiger partial charge in [-0.25, -0.2) is 0 Å². The third kappa shape index (κ3) is 2.34. The summed E-state index contributed by atoms with van der Waals surface area (Å²) in [7, 11) is 1.68. The molecule has 3 heterocycles. The fourth-order valence-electron chi connectivity index (χ4n) is 2.07. The molecule has 1 amide bonds. The Hall–Kier alpha value is -2.09. The van der Waals surface area contributed by atoms with Crippen LogP contribution in [0.2, 0.25) is 0 Å². The maximum atomic E-state index is 12.0. The van der Waals surface area contributed by atoms with Gasteiger partial charge in [-0.3, -0.25) is 14.3 Å². The van der Waals surface area contributed by atoms with Gasteiger partial charge in [0.2, 0.25) is 5.91 Å². The van der Waals surface area contributed by atoms with Crippen molar-refractivity contribution in [2.45, 2.75) is 13.1 Å². The Kier molecular flexibility index (Phi) is 3.09. The van der Waals surface area contributed by atoms with Crippen molar-refractivity contribution in [2.75, 3.05) is 5.32 Å². The minimum Gasteiger partial charge on any atom is -0.349 e. The summed E-state index contributed by atoms with van der Waals surface area (Å²) in [5.74, 6) is 0.484. The van der Waals surface area contributed by atoms with Gasteiger partial charge >= 0.3 is 0 Å². The van der Waals surface area contributed by atoms with Crippen LogP contribution in [-0.2, 0) is 24.9 Å². The Bertz CT molecular complexity index is 749. The minimum atomic E-state index is -0.145. The smallest absolute Gasteiger partial charge is 0.274 e. The number of fused-ring (bicyclic) bond motifs is 1. The van der Waals surface area contributed by atoms with E-state index in [1.54, 1.807) is 24.0 Å². The third-order valence-corrected chi connectivity index (χ3v) is 3.47. The van der Waals surface area contributed by atoms with Gasteiger partial charge in [0, 0.05) is 23.8 Å². The van der Waals surface area contributed by atoms with Crippen molar-refractivity contribution >= 4 is 33.3 Å². The molecule has 2 aromatic rings. The van der Waals surface area contributed by atoms with E-state index in [2.05, 4.69) is 31.7 Å². The molecule has 0 unspecified atom stereocenters. The van der Waals surface area contributed by atoms with Gasteiger partial charge in [-0.15, -0.1) is 0 Å². The zero-order valence-electron chi connectivity index (χ0n) is 10.7. The number of carbonyl (C=O) groups excluding carboxylic acids is 1. The maximum Gasteiger partial charge on any atom is 0.274 e. The molecule has 0 aromatic carbocycles. The lowest BCUT2D eigenvalue weighted by molar-refractivity contribution is -0.122. The summed E-state index contributed by atoms with van der Waals surface area (Å²) < 4.78 is 3.90. The van der Waals surface area contributed by atoms with Crippen molar-refractivity contribution < 1.29 is 4.79 Å². The van der Waals surface area contributed by atoms with E-state index in [1.165, 1.54) is 4.57 Å². The van der Waals surface area contributed by atoms with E-state index in [0.717, 1.165) is 10.2 Å². The molecule has 0 bridgehead atoms. The summed E-state index contributed by atoms with van der Waals surface area (Å²) in [4.78, 5) is 23.3. The van der Waals surface area contributed by atoms with Crippen LogP contribution in [0.15, 0.2) is 27.6 Å². The molecule has 0 radical (unpaired) electrons. The highest BCUT2D eigenvalue weighted by Crippen LogP contribution is 2.18. The van der Waals surface area contributed by atoms with Crippen LogP contribution in [0.25, 0.3) is 0 Å². The minimum absolute atomic E-state index is 0.0643. The van der Waals surface area contributed by atoms with Crippen molar-refractivity contribution in [1.29, 1.82) is 0 Å². The highest BCUT2D eigenvalue weighted by molar-refractivity contribution is 9.10. The number of nitrogens with one attached hydrogen (secondary N) is 2. The molecule has 3 rings (SSSR count). The van der Waals surface area contributed by atoms with Crippen molar-refractivity contribution in [3.63, 3.8) is 0 Å². The highest BCUT2D eigenvalue weighted by Gasteiger charge is 2.17. The van der Waals surface area contributed by atoms with Crippen molar-refractivity contribution in [3.8, 4) is 0 Å². The van der Waals surface area contributed by atoms with E-state index in [1.807, 2.05) is 6.07 Å². The van der Waals surface area contributed by atoms with Crippen molar-refractivity contribution in [3.05, 3.63) is 38.9 Å². The number of halogens is 1. The number of aryl methyl sites for hydroxylation is 1. The third-order valence-electron chi connectivity index (χ3n) is 3.04. The van der Waals surface area contributed by atoms with Gasteiger partial charge in [-0.05, 0) is 22.0 Å². The van der Waals surface area contributed by atoms with E-state index >= 15 is 0 Å². The van der Waals surface area contributed by atoms with E-state index in [9.17, 15) is 9.59 Å². The molecule has 8 heteroatoms. The lowest BCUT2D eigenvalue weighted by Gasteiger charge is -2.13. The molecule has 0 atom stereocenters. The summed E-state index contributed by atoms with van der Waals surface area (Å²) in [6.07, 6.45) is 1.69. The molecule has 1 aliphatic heterocycles. The Balaban J connectivity index is 1.93. The number of aromatic nitrogens is 3. The van der Waals surface area contributed by atoms with Crippen LogP contribution in [0.5, 0.6) is 0 Å². The van der Waals surface area contributed by atoms with Gasteiger partial charge in [0.25, 0.3) is 5.56 Å². The molecule has 2 aromatic heterocycles. The van der Waals surface area contributed by atoms with E-state index in [0.29, 0.717) is 18.1 Å². The van der Waals surface area contributed by atoms with Gasteiger partial charge < -0.3 is 15.2 Å². The fraction of sp³-hybridized carbons (Fsp3) is 0.250. The molecule has 7 nitrogen and oxygen atoms in total. The Labute approximate surface area is 122 Å². The molecule has 0 saturated heterocycles. The number of hydrogen-bond acceptors (Lipinski definition) is 4. The van der Waals surface area contributed by atoms with Gasteiger partial charge in [-0.2, -0.15) is 5.10 Å². The topological polar surface area (TPSA) is 81.0 Å². The van der Waals surface area contributed by atoms with Gasteiger partial charge in [0.05, 0.1) is 12.2 Å². The standard InChI is InChI=1S/C12H12BrN5O2/c1-17-5-7(13)2-9(12(17)20)15-10-3-8-4-14-11(19)6-18(8)16-10/h2-3,5H,4,6H2,1H3,(H,14,19)(H,15,16). The number of carbonyl (C=O) groups is 1. The largest absolute Gasteiger partial charge is 0.349 e. The first-order valence-corrected chi connectivity index (χ1v) is 6.79. The summed E-state index contributed by atoms with van der Waals surface area (Å²) in [6, 6.07) is 3.52. The van der Waals surface area contributed by atoms with Crippen LogP contribution in [0.1, 0.15) is 5.69 Å². The zero-order valence-corrected chi connectivity index (χ0v) is 12.3. The van der Waals surface area contributed by atoms with Gasteiger partial charge in [0.1, 0.15) is 12.2 Å². The Morgan fingerprint density at radius 1 is 1.40 bits per heavy atom. The molecule has 1 aliphatic rings. The van der Waals surface area contributed by atoms with E-state index < -0.39 is 0 Å². The first-order chi connectivity index (χ1) is 9.52.